The summed E-state index contributed by atoms with van der Waals surface area (Å²) in [6.07, 6.45) is 0. The third-order valence-corrected chi connectivity index (χ3v) is 1.45. The van der Waals surface area contributed by atoms with Crippen LogP contribution in [-0.4, -0.2) is 22.2 Å². The van der Waals surface area contributed by atoms with Gasteiger partial charge in [-0.25, -0.2) is 0 Å². The van der Waals surface area contributed by atoms with Crippen LogP contribution in [0.15, 0.2) is 6.07 Å². The predicted molar refractivity (Wildman–Crippen MR) is 45.6 cm³/mol. The standard InChI is InChI=1S/C7H12N4O/c1-5-3-6(11(2)10-5)9-7(12)4-8/h3H,4,8H2,1-2H3,(H,9,12). The van der Waals surface area contributed by atoms with Gasteiger partial charge in [0.1, 0.15) is 5.82 Å². The Morgan fingerprint density at radius 3 is 2.92 bits per heavy atom. The lowest BCUT2D eigenvalue weighted by atomic mass is 10.4. The van der Waals surface area contributed by atoms with E-state index in [0.717, 1.165) is 5.69 Å². The van der Waals surface area contributed by atoms with E-state index in [4.69, 9.17) is 5.73 Å². The van der Waals surface area contributed by atoms with E-state index in [0.29, 0.717) is 5.82 Å². The van der Waals surface area contributed by atoms with E-state index in [1.54, 1.807) is 17.8 Å². The van der Waals surface area contributed by atoms with E-state index >= 15 is 0 Å². The fourth-order valence-corrected chi connectivity index (χ4v) is 0.921. The average molecular weight is 168 g/mol. The molecule has 0 unspecified atom stereocenters. The van der Waals surface area contributed by atoms with Gasteiger partial charge in [-0.1, -0.05) is 0 Å². The quantitative estimate of drug-likeness (QED) is 0.632. The van der Waals surface area contributed by atoms with Crippen LogP contribution in [0.1, 0.15) is 5.69 Å². The van der Waals surface area contributed by atoms with Crippen molar-refractivity contribution in [3.05, 3.63) is 11.8 Å². The molecule has 0 aliphatic rings. The molecule has 0 saturated carbocycles. The van der Waals surface area contributed by atoms with E-state index < -0.39 is 0 Å². The van der Waals surface area contributed by atoms with Crippen LogP contribution in [0.3, 0.4) is 0 Å². The van der Waals surface area contributed by atoms with E-state index in [-0.39, 0.29) is 12.5 Å². The van der Waals surface area contributed by atoms with Gasteiger partial charge in [0.25, 0.3) is 0 Å². The monoisotopic (exact) mass is 168 g/mol. The topological polar surface area (TPSA) is 72.9 Å². The number of carbonyl (C=O) groups excluding carboxylic acids is 1. The fraction of sp³-hybridized carbons (Fsp3) is 0.429. The summed E-state index contributed by atoms with van der Waals surface area (Å²) in [4.78, 5) is 10.9. The highest BCUT2D eigenvalue weighted by atomic mass is 16.1. The molecule has 0 aliphatic heterocycles. The number of aryl methyl sites for hydroxylation is 2. The lowest BCUT2D eigenvalue weighted by Crippen LogP contribution is -2.23. The predicted octanol–water partition coefficient (Wildman–Crippen LogP) is -0.374. The average Bonchev–Trinajstić information content (AvgIpc) is 2.30. The summed E-state index contributed by atoms with van der Waals surface area (Å²) in [6, 6.07) is 1.79. The van der Waals surface area contributed by atoms with Crippen molar-refractivity contribution in [3.63, 3.8) is 0 Å². The van der Waals surface area contributed by atoms with Crippen LogP contribution >= 0.6 is 0 Å². The number of carbonyl (C=O) groups is 1. The molecule has 1 aromatic rings. The number of nitrogens with two attached hydrogens (primary N) is 1. The smallest absolute Gasteiger partial charge is 0.239 e. The van der Waals surface area contributed by atoms with Gasteiger partial charge in [0.15, 0.2) is 0 Å². The van der Waals surface area contributed by atoms with Gasteiger partial charge in [0.05, 0.1) is 12.2 Å². The molecule has 0 atom stereocenters. The lowest BCUT2D eigenvalue weighted by Gasteiger charge is -2.01. The Hall–Kier alpha value is -1.36. The first-order valence-electron chi connectivity index (χ1n) is 3.64. The second kappa shape index (κ2) is 3.36. The largest absolute Gasteiger partial charge is 0.322 e. The number of hydrogen-bond donors (Lipinski definition) is 2. The Labute approximate surface area is 70.5 Å². The number of nitrogens with one attached hydrogen (secondary N) is 1. The summed E-state index contributed by atoms with van der Waals surface area (Å²) in [5.74, 6) is 0.459. The molecule has 5 heteroatoms. The van der Waals surface area contributed by atoms with Gasteiger partial charge in [0.2, 0.25) is 5.91 Å². The zero-order valence-electron chi connectivity index (χ0n) is 7.16. The highest BCUT2D eigenvalue weighted by Gasteiger charge is 2.03. The summed E-state index contributed by atoms with van der Waals surface area (Å²) < 4.78 is 1.60. The molecule has 1 aromatic heterocycles. The van der Waals surface area contributed by atoms with Gasteiger partial charge in [-0.3, -0.25) is 9.48 Å². The summed E-state index contributed by atoms with van der Waals surface area (Å²) in [5, 5.41) is 6.68. The van der Waals surface area contributed by atoms with Gasteiger partial charge < -0.3 is 11.1 Å². The first-order chi connectivity index (χ1) is 5.63. The fourth-order valence-electron chi connectivity index (χ4n) is 0.921. The molecule has 3 N–H and O–H groups in total. The minimum Gasteiger partial charge on any atom is -0.322 e. The van der Waals surface area contributed by atoms with Crippen molar-refractivity contribution in [2.75, 3.05) is 11.9 Å². The molecule has 0 aliphatic carbocycles. The Balaban J connectivity index is 2.75. The molecule has 1 heterocycles. The van der Waals surface area contributed by atoms with Gasteiger partial charge in [0, 0.05) is 13.1 Å². The first kappa shape index (κ1) is 8.73. The lowest BCUT2D eigenvalue weighted by molar-refractivity contribution is -0.114. The van der Waals surface area contributed by atoms with Crippen LogP contribution in [0.2, 0.25) is 0 Å². The molecular formula is C7H12N4O. The summed E-state index contributed by atoms with van der Waals surface area (Å²) in [6.45, 7) is 1.85. The Morgan fingerprint density at radius 2 is 2.50 bits per heavy atom. The van der Waals surface area contributed by atoms with Gasteiger partial charge >= 0.3 is 0 Å². The van der Waals surface area contributed by atoms with E-state index in [1.807, 2.05) is 6.92 Å². The van der Waals surface area contributed by atoms with Crippen LogP contribution in [0.5, 0.6) is 0 Å². The molecule has 5 nitrogen and oxygen atoms in total. The highest BCUT2D eigenvalue weighted by molar-refractivity contribution is 5.91. The number of nitrogens with zero attached hydrogens (tertiary/aromatic N) is 2. The van der Waals surface area contributed by atoms with Crippen LogP contribution < -0.4 is 11.1 Å². The van der Waals surface area contributed by atoms with Gasteiger partial charge in [-0.05, 0) is 6.92 Å². The van der Waals surface area contributed by atoms with Crippen molar-refractivity contribution < 1.29 is 4.79 Å². The van der Waals surface area contributed by atoms with Gasteiger partial charge in [-0.2, -0.15) is 5.10 Å². The first-order valence-corrected chi connectivity index (χ1v) is 3.64. The third-order valence-electron chi connectivity index (χ3n) is 1.45. The van der Waals surface area contributed by atoms with Crippen molar-refractivity contribution in [2.45, 2.75) is 6.92 Å². The molecule has 0 bridgehead atoms. The number of amides is 1. The van der Waals surface area contributed by atoms with Crippen molar-refractivity contribution in [1.82, 2.24) is 9.78 Å². The summed E-state index contributed by atoms with van der Waals surface area (Å²) in [5.41, 5.74) is 6.00. The molecule has 1 amide bonds. The van der Waals surface area contributed by atoms with Crippen molar-refractivity contribution in [1.29, 1.82) is 0 Å². The Bertz CT molecular complexity index is 292. The van der Waals surface area contributed by atoms with Crippen molar-refractivity contribution in [3.8, 4) is 0 Å². The Morgan fingerprint density at radius 1 is 1.83 bits per heavy atom. The molecule has 0 saturated heterocycles. The summed E-state index contributed by atoms with van der Waals surface area (Å²) >= 11 is 0. The SMILES string of the molecule is Cc1cc(NC(=O)CN)n(C)n1. The molecule has 12 heavy (non-hydrogen) atoms. The Kier molecular flexibility index (Phi) is 2.44. The number of rotatable bonds is 2. The van der Waals surface area contributed by atoms with Crippen LogP contribution in [0.25, 0.3) is 0 Å². The van der Waals surface area contributed by atoms with Crippen LogP contribution in [0, 0.1) is 6.92 Å². The maximum Gasteiger partial charge on any atom is 0.239 e. The number of hydrogen-bond acceptors (Lipinski definition) is 3. The number of aromatic nitrogens is 2. The van der Waals surface area contributed by atoms with E-state index in [9.17, 15) is 4.79 Å². The van der Waals surface area contributed by atoms with E-state index in [1.165, 1.54) is 0 Å². The highest BCUT2D eigenvalue weighted by Crippen LogP contribution is 2.06. The summed E-state index contributed by atoms with van der Waals surface area (Å²) in [7, 11) is 1.76. The minimum atomic E-state index is -0.210. The van der Waals surface area contributed by atoms with Crippen LogP contribution in [0.4, 0.5) is 5.82 Å². The maximum atomic E-state index is 10.9. The maximum absolute atomic E-state index is 10.9. The van der Waals surface area contributed by atoms with Gasteiger partial charge in [-0.15, -0.1) is 0 Å². The van der Waals surface area contributed by atoms with Crippen molar-refractivity contribution in [2.24, 2.45) is 12.8 Å². The normalized spacial score (nSPS) is 9.92. The zero-order chi connectivity index (χ0) is 9.14. The second-order valence-electron chi connectivity index (χ2n) is 2.55. The number of anilines is 1. The molecule has 0 fully saturated rings. The molecular weight excluding hydrogens is 156 g/mol. The molecule has 66 valence electrons. The molecule has 1 rings (SSSR count). The minimum absolute atomic E-state index is 0.00969. The van der Waals surface area contributed by atoms with Crippen LogP contribution in [-0.2, 0) is 11.8 Å². The second-order valence-corrected chi connectivity index (χ2v) is 2.55. The third kappa shape index (κ3) is 1.82. The zero-order valence-corrected chi connectivity index (χ0v) is 7.16. The molecule has 0 radical (unpaired) electrons. The van der Waals surface area contributed by atoms with E-state index in [2.05, 4.69) is 10.4 Å². The molecule has 0 spiro atoms. The van der Waals surface area contributed by atoms with Crippen molar-refractivity contribution >= 4 is 11.7 Å². The molecule has 0 aromatic carbocycles.